The van der Waals surface area contributed by atoms with Gasteiger partial charge in [-0.3, -0.25) is 4.90 Å². The molecule has 0 amide bonds. The second kappa shape index (κ2) is 9.07. The average Bonchev–Trinajstić information content (AvgIpc) is 3.13. The molecule has 0 radical (unpaired) electrons. The molecule has 2 unspecified atom stereocenters. The first-order valence-electron chi connectivity index (χ1n) is 11.3. The Balaban J connectivity index is 1.08. The maximum absolute atomic E-state index is 6.03. The molecule has 0 aromatic heterocycles. The summed E-state index contributed by atoms with van der Waals surface area (Å²) in [5.41, 5.74) is 2.91. The Bertz CT molecular complexity index is 567. The minimum absolute atomic E-state index is 0.624. The molecule has 2 saturated heterocycles. The standard InChI is InChI=1S/C24H38N2O/c1-19(2)21-9-7-20(8-10-21)15-26-16-22-23(17-26)24(22)18-27-14-6-13-25-11-4-3-5-12-25/h7-10,19,22-24H,3-6,11-18H2,1-2H3. The molecule has 150 valence electrons. The van der Waals surface area contributed by atoms with Crippen LogP contribution in [-0.4, -0.2) is 55.7 Å². The van der Waals surface area contributed by atoms with Crippen molar-refractivity contribution < 1.29 is 4.74 Å². The number of nitrogens with zero attached hydrogens (tertiary/aromatic N) is 2. The molecule has 2 heterocycles. The van der Waals surface area contributed by atoms with Gasteiger partial charge in [-0.1, -0.05) is 44.5 Å². The maximum atomic E-state index is 6.03. The third-order valence-electron chi connectivity index (χ3n) is 7.02. The van der Waals surface area contributed by atoms with Gasteiger partial charge in [0.15, 0.2) is 0 Å². The molecule has 2 aliphatic heterocycles. The van der Waals surface area contributed by atoms with E-state index in [-0.39, 0.29) is 0 Å². The molecule has 3 aliphatic rings. The van der Waals surface area contributed by atoms with E-state index in [9.17, 15) is 0 Å². The topological polar surface area (TPSA) is 15.7 Å². The number of hydrogen-bond acceptors (Lipinski definition) is 3. The second-order valence-corrected chi connectivity index (χ2v) is 9.41. The van der Waals surface area contributed by atoms with Crippen LogP contribution in [0.4, 0.5) is 0 Å². The monoisotopic (exact) mass is 370 g/mol. The quantitative estimate of drug-likeness (QED) is 0.600. The molecule has 1 saturated carbocycles. The van der Waals surface area contributed by atoms with Gasteiger partial charge in [0.05, 0.1) is 6.61 Å². The molecule has 2 atom stereocenters. The molecule has 1 aromatic carbocycles. The Hall–Kier alpha value is -0.900. The fraction of sp³-hybridized carbons (Fsp3) is 0.750. The third kappa shape index (κ3) is 5.13. The Morgan fingerprint density at radius 1 is 0.963 bits per heavy atom. The predicted molar refractivity (Wildman–Crippen MR) is 112 cm³/mol. The molecule has 0 bridgehead atoms. The van der Waals surface area contributed by atoms with Crippen LogP contribution in [0.2, 0.25) is 0 Å². The molecule has 3 heteroatoms. The van der Waals surface area contributed by atoms with Crippen molar-refractivity contribution in [2.24, 2.45) is 17.8 Å². The fourth-order valence-electron chi connectivity index (χ4n) is 5.17. The Kier molecular flexibility index (Phi) is 6.52. The van der Waals surface area contributed by atoms with E-state index in [1.165, 1.54) is 69.5 Å². The Labute approximate surface area is 166 Å². The summed E-state index contributed by atoms with van der Waals surface area (Å²) < 4.78 is 6.03. The summed E-state index contributed by atoms with van der Waals surface area (Å²) in [5.74, 6) is 3.28. The summed E-state index contributed by atoms with van der Waals surface area (Å²) in [6.45, 7) is 14.0. The van der Waals surface area contributed by atoms with Gasteiger partial charge in [0, 0.05) is 32.8 Å². The van der Waals surface area contributed by atoms with Gasteiger partial charge in [-0.2, -0.15) is 0 Å². The normalized spacial score (nSPS) is 28.6. The number of ether oxygens (including phenoxy) is 1. The van der Waals surface area contributed by atoms with Crippen LogP contribution in [0.25, 0.3) is 0 Å². The van der Waals surface area contributed by atoms with Gasteiger partial charge < -0.3 is 9.64 Å². The largest absolute Gasteiger partial charge is 0.381 e. The van der Waals surface area contributed by atoms with E-state index >= 15 is 0 Å². The highest BCUT2D eigenvalue weighted by atomic mass is 16.5. The summed E-state index contributed by atoms with van der Waals surface area (Å²) >= 11 is 0. The van der Waals surface area contributed by atoms with Crippen LogP contribution in [0.3, 0.4) is 0 Å². The van der Waals surface area contributed by atoms with E-state index < -0.39 is 0 Å². The molecule has 3 nitrogen and oxygen atoms in total. The van der Waals surface area contributed by atoms with Gasteiger partial charge in [0.25, 0.3) is 0 Å². The van der Waals surface area contributed by atoms with Crippen LogP contribution in [0.1, 0.15) is 56.6 Å². The summed E-state index contributed by atoms with van der Waals surface area (Å²) in [5, 5.41) is 0. The molecule has 0 N–H and O–H groups in total. The minimum Gasteiger partial charge on any atom is -0.381 e. The van der Waals surface area contributed by atoms with E-state index in [1.54, 1.807) is 0 Å². The summed E-state index contributed by atoms with van der Waals surface area (Å²) in [4.78, 5) is 5.26. The van der Waals surface area contributed by atoms with E-state index in [0.717, 1.165) is 37.5 Å². The Morgan fingerprint density at radius 2 is 1.67 bits per heavy atom. The average molecular weight is 371 g/mol. The van der Waals surface area contributed by atoms with E-state index in [1.807, 2.05) is 0 Å². The van der Waals surface area contributed by atoms with Gasteiger partial charge in [-0.25, -0.2) is 0 Å². The Morgan fingerprint density at radius 3 is 2.33 bits per heavy atom. The van der Waals surface area contributed by atoms with Gasteiger partial charge in [0.1, 0.15) is 0 Å². The zero-order valence-electron chi connectivity index (χ0n) is 17.4. The lowest BCUT2D eigenvalue weighted by Gasteiger charge is -2.26. The first kappa shape index (κ1) is 19.4. The van der Waals surface area contributed by atoms with E-state index in [2.05, 4.69) is 47.9 Å². The lowest BCUT2D eigenvalue weighted by atomic mass is 10.0. The molecular weight excluding hydrogens is 332 g/mol. The number of piperidine rings is 2. The van der Waals surface area contributed by atoms with Crippen molar-refractivity contribution in [3.63, 3.8) is 0 Å². The molecule has 0 spiro atoms. The highest BCUT2D eigenvalue weighted by Crippen LogP contribution is 2.52. The zero-order valence-corrected chi connectivity index (χ0v) is 17.4. The van der Waals surface area contributed by atoms with Crippen molar-refractivity contribution in [2.45, 2.75) is 52.0 Å². The number of likely N-dealkylation sites (tertiary alicyclic amines) is 2. The SMILES string of the molecule is CC(C)c1ccc(CN2CC3C(COCCCN4CCCCC4)C3C2)cc1. The van der Waals surface area contributed by atoms with Crippen molar-refractivity contribution in [1.82, 2.24) is 9.80 Å². The number of hydrogen-bond donors (Lipinski definition) is 0. The summed E-state index contributed by atoms with van der Waals surface area (Å²) in [7, 11) is 0. The highest BCUT2D eigenvalue weighted by molar-refractivity contribution is 5.25. The number of benzene rings is 1. The van der Waals surface area contributed by atoms with Crippen molar-refractivity contribution in [1.29, 1.82) is 0 Å². The number of fused-ring (bicyclic) bond motifs is 1. The van der Waals surface area contributed by atoms with Crippen molar-refractivity contribution >= 4 is 0 Å². The lowest BCUT2D eigenvalue weighted by Crippen LogP contribution is -2.31. The molecular formula is C24H38N2O. The first-order chi connectivity index (χ1) is 13.2. The first-order valence-corrected chi connectivity index (χ1v) is 11.3. The van der Waals surface area contributed by atoms with Crippen LogP contribution in [0, 0.1) is 17.8 Å². The van der Waals surface area contributed by atoms with E-state index in [0.29, 0.717) is 5.92 Å². The molecule has 1 aliphatic carbocycles. The van der Waals surface area contributed by atoms with Crippen LogP contribution < -0.4 is 0 Å². The maximum Gasteiger partial charge on any atom is 0.0500 e. The van der Waals surface area contributed by atoms with Crippen LogP contribution in [-0.2, 0) is 11.3 Å². The third-order valence-corrected chi connectivity index (χ3v) is 7.02. The molecule has 3 fully saturated rings. The number of rotatable bonds is 9. The second-order valence-electron chi connectivity index (χ2n) is 9.41. The highest BCUT2D eigenvalue weighted by Gasteiger charge is 2.55. The van der Waals surface area contributed by atoms with Gasteiger partial charge in [0.2, 0.25) is 0 Å². The van der Waals surface area contributed by atoms with Gasteiger partial charge in [-0.05, 0) is 67.2 Å². The van der Waals surface area contributed by atoms with Crippen LogP contribution in [0.15, 0.2) is 24.3 Å². The zero-order chi connectivity index (χ0) is 18.6. The molecule has 27 heavy (non-hydrogen) atoms. The van der Waals surface area contributed by atoms with E-state index in [4.69, 9.17) is 4.74 Å². The minimum atomic E-state index is 0.624. The summed E-state index contributed by atoms with van der Waals surface area (Å²) in [6, 6.07) is 9.25. The van der Waals surface area contributed by atoms with Crippen molar-refractivity contribution in [2.75, 3.05) is 45.9 Å². The van der Waals surface area contributed by atoms with Crippen LogP contribution >= 0.6 is 0 Å². The fourth-order valence-corrected chi connectivity index (χ4v) is 5.17. The predicted octanol–water partition coefficient (Wildman–Crippen LogP) is 4.38. The van der Waals surface area contributed by atoms with Gasteiger partial charge >= 0.3 is 0 Å². The smallest absolute Gasteiger partial charge is 0.0500 e. The lowest BCUT2D eigenvalue weighted by molar-refractivity contribution is 0.0967. The molecule has 1 aromatic rings. The van der Waals surface area contributed by atoms with Crippen molar-refractivity contribution in [3.05, 3.63) is 35.4 Å². The van der Waals surface area contributed by atoms with Crippen LogP contribution in [0.5, 0.6) is 0 Å². The van der Waals surface area contributed by atoms with Gasteiger partial charge in [-0.15, -0.1) is 0 Å². The summed E-state index contributed by atoms with van der Waals surface area (Å²) in [6.07, 6.45) is 5.42. The molecule has 4 rings (SSSR count). The van der Waals surface area contributed by atoms with Crippen molar-refractivity contribution in [3.8, 4) is 0 Å².